The highest BCUT2D eigenvalue weighted by Crippen LogP contribution is 2.33. The van der Waals surface area contributed by atoms with Crippen LogP contribution >= 0.6 is 24.8 Å². The van der Waals surface area contributed by atoms with E-state index in [1.165, 1.54) is 5.56 Å². The number of benzene rings is 1. The lowest BCUT2D eigenvalue weighted by molar-refractivity contribution is 0.168. The Kier molecular flexibility index (Phi) is 6.89. The molecule has 2 aliphatic heterocycles. The van der Waals surface area contributed by atoms with Crippen LogP contribution in [0.4, 0.5) is 0 Å². The minimum atomic E-state index is 0. The van der Waals surface area contributed by atoms with E-state index < -0.39 is 0 Å². The van der Waals surface area contributed by atoms with Crippen molar-refractivity contribution >= 4 is 24.8 Å². The van der Waals surface area contributed by atoms with Crippen molar-refractivity contribution in [3.8, 4) is 11.5 Å². The Balaban J connectivity index is 0.000001000. The zero-order valence-corrected chi connectivity index (χ0v) is 13.3. The van der Waals surface area contributed by atoms with E-state index in [9.17, 15) is 0 Å². The van der Waals surface area contributed by atoms with E-state index in [1.54, 1.807) is 0 Å². The van der Waals surface area contributed by atoms with Gasteiger partial charge in [-0.2, -0.15) is 0 Å². The van der Waals surface area contributed by atoms with Gasteiger partial charge in [-0.15, -0.1) is 24.8 Å². The smallest absolute Gasteiger partial charge is 0.161 e. The van der Waals surface area contributed by atoms with Crippen molar-refractivity contribution in [2.45, 2.75) is 13.0 Å². The summed E-state index contributed by atoms with van der Waals surface area (Å²) < 4.78 is 11.2. The van der Waals surface area contributed by atoms with E-state index in [-0.39, 0.29) is 24.8 Å². The van der Waals surface area contributed by atoms with E-state index in [1.807, 2.05) is 6.07 Å². The van der Waals surface area contributed by atoms with Gasteiger partial charge in [0.25, 0.3) is 0 Å². The lowest BCUT2D eigenvalue weighted by Gasteiger charge is -2.33. The van der Waals surface area contributed by atoms with Crippen molar-refractivity contribution in [2.75, 3.05) is 39.4 Å². The normalized spacial score (nSPS) is 19.4. The summed E-state index contributed by atoms with van der Waals surface area (Å²) >= 11 is 0. The van der Waals surface area contributed by atoms with Crippen LogP contribution in [0.25, 0.3) is 0 Å². The fraction of sp³-hybridized carbons (Fsp3) is 0.571. The van der Waals surface area contributed by atoms with Gasteiger partial charge in [0.2, 0.25) is 0 Å². The molecule has 1 saturated heterocycles. The molecular formula is C14H22Cl2N2O2. The van der Waals surface area contributed by atoms with Crippen LogP contribution in [0.15, 0.2) is 18.2 Å². The first-order valence-electron chi connectivity index (χ1n) is 6.69. The van der Waals surface area contributed by atoms with Crippen LogP contribution < -0.4 is 14.8 Å². The summed E-state index contributed by atoms with van der Waals surface area (Å²) in [5.74, 6) is 1.76. The van der Waals surface area contributed by atoms with Gasteiger partial charge in [0.05, 0.1) is 0 Å². The molecule has 1 atom stereocenters. The number of rotatable bonds is 2. The van der Waals surface area contributed by atoms with Crippen LogP contribution in [-0.4, -0.2) is 44.3 Å². The Morgan fingerprint density at radius 1 is 1.05 bits per heavy atom. The molecule has 0 aliphatic carbocycles. The number of piperazine rings is 1. The largest absolute Gasteiger partial charge is 0.486 e. The molecule has 1 unspecified atom stereocenters. The third kappa shape index (κ3) is 3.70. The summed E-state index contributed by atoms with van der Waals surface area (Å²) in [6.07, 6.45) is 0. The van der Waals surface area contributed by atoms with Crippen molar-refractivity contribution in [3.63, 3.8) is 0 Å². The van der Waals surface area contributed by atoms with Gasteiger partial charge in [0.1, 0.15) is 13.2 Å². The molecule has 2 heterocycles. The third-order valence-corrected chi connectivity index (χ3v) is 3.75. The van der Waals surface area contributed by atoms with Crippen molar-refractivity contribution < 1.29 is 9.47 Å². The molecule has 0 radical (unpaired) electrons. The molecule has 1 aromatic carbocycles. The summed E-state index contributed by atoms with van der Waals surface area (Å²) in [6, 6.07) is 6.74. The number of ether oxygens (including phenoxy) is 2. The molecule has 1 fully saturated rings. The van der Waals surface area contributed by atoms with Crippen LogP contribution in [0.5, 0.6) is 11.5 Å². The fourth-order valence-electron chi connectivity index (χ4n) is 2.60. The van der Waals surface area contributed by atoms with E-state index in [4.69, 9.17) is 9.47 Å². The maximum atomic E-state index is 5.65. The van der Waals surface area contributed by atoms with Crippen molar-refractivity contribution in [1.29, 1.82) is 0 Å². The minimum Gasteiger partial charge on any atom is -0.486 e. The Morgan fingerprint density at radius 3 is 2.40 bits per heavy atom. The van der Waals surface area contributed by atoms with Gasteiger partial charge in [0.15, 0.2) is 11.5 Å². The molecule has 114 valence electrons. The van der Waals surface area contributed by atoms with Crippen molar-refractivity contribution in [1.82, 2.24) is 10.2 Å². The van der Waals surface area contributed by atoms with E-state index in [0.29, 0.717) is 19.3 Å². The highest BCUT2D eigenvalue weighted by Gasteiger charge is 2.20. The van der Waals surface area contributed by atoms with Gasteiger partial charge in [-0.05, 0) is 24.6 Å². The van der Waals surface area contributed by atoms with E-state index >= 15 is 0 Å². The molecule has 4 nitrogen and oxygen atoms in total. The second kappa shape index (κ2) is 7.93. The monoisotopic (exact) mass is 320 g/mol. The lowest BCUT2D eigenvalue weighted by atomic mass is 10.1. The summed E-state index contributed by atoms with van der Waals surface area (Å²) in [4.78, 5) is 2.50. The first-order chi connectivity index (χ1) is 8.84. The van der Waals surface area contributed by atoms with E-state index in [2.05, 4.69) is 29.3 Å². The Bertz CT molecular complexity index is 426. The van der Waals surface area contributed by atoms with Gasteiger partial charge < -0.3 is 14.8 Å². The molecule has 6 heteroatoms. The average Bonchev–Trinajstić information content (AvgIpc) is 2.47. The molecule has 0 bridgehead atoms. The van der Waals surface area contributed by atoms with Crippen molar-refractivity contribution in [3.05, 3.63) is 23.8 Å². The van der Waals surface area contributed by atoms with Gasteiger partial charge in [-0.25, -0.2) is 0 Å². The van der Waals surface area contributed by atoms with Crippen LogP contribution in [0.2, 0.25) is 0 Å². The maximum absolute atomic E-state index is 5.65. The van der Waals surface area contributed by atoms with E-state index in [0.717, 1.165) is 37.7 Å². The molecule has 2 aliphatic rings. The predicted octanol–water partition coefficient (Wildman–Crippen LogP) is 2.27. The maximum Gasteiger partial charge on any atom is 0.161 e. The topological polar surface area (TPSA) is 33.7 Å². The molecule has 20 heavy (non-hydrogen) atoms. The molecule has 0 aromatic heterocycles. The van der Waals surface area contributed by atoms with Crippen molar-refractivity contribution in [2.24, 2.45) is 0 Å². The Hall–Kier alpha value is -0.680. The summed E-state index contributed by atoms with van der Waals surface area (Å²) in [5, 5.41) is 3.38. The summed E-state index contributed by atoms with van der Waals surface area (Å²) in [7, 11) is 0. The SMILES string of the molecule is CC(c1ccc2c(c1)OCCO2)N1CCNCC1.Cl.Cl. The standard InChI is InChI=1S/C14H20N2O2.2ClH/c1-11(16-6-4-15-5-7-16)12-2-3-13-14(10-12)18-9-8-17-13;;/h2-3,10-11,15H,4-9H2,1H3;2*1H. The molecule has 1 aromatic rings. The number of fused-ring (bicyclic) bond motifs is 1. The fourth-order valence-corrected chi connectivity index (χ4v) is 2.60. The lowest BCUT2D eigenvalue weighted by Crippen LogP contribution is -2.44. The van der Waals surface area contributed by atoms with Gasteiger partial charge in [0, 0.05) is 32.2 Å². The van der Waals surface area contributed by atoms with Gasteiger partial charge in [-0.3, -0.25) is 4.90 Å². The predicted molar refractivity (Wildman–Crippen MR) is 84.8 cm³/mol. The highest BCUT2D eigenvalue weighted by molar-refractivity contribution is 5.85. The first-order valence-corrected chi connectivity index (χ1v) is 6.69. The third-order valence-electron chi connectivity index (χ3n) is 3.75. The number of hydrogen-bond acceptors (Lipinski definition) is 4. The Labute approximate surface area is 132 Å². The molecule has 3 rings (SSSR count). The first kappa shape index (κ1) is 17.4. The number of nitrogens with one attached hydrogen (secondary N) is 1. The van der Waals surface area contributed by atoms with Crippen LogP contribution in [0.3, 0.4) is 0 Å². The molecule has 1 N–H and O–H groups in total. The second-order valence-electron chi connectivity index (χ2n) is 4.87. The quantitative estimate of drug-likeness (QED) is 0.906. The zero-order valence-electron chi connectivity index (χ0n) is 11.6. The second-order valence-corrected chi connectivity index (χ2v) is 4.87. The molecule has 0 spiro atoms. The minimum absolute atomic E-state index is 0. The summed E-state index contributed by atoms with van der Waals surface area (Å²) in [5.41, 5.74) is 1.31. The van der Waals surface area contributed by atoms with Gasteiger partial charge in [-0.1, -0.05) is 6.07 Å². The zero-order chi connectivity index (χ0) is 12.4. The molecule has 0 saturated carbocycles. The summed E-state index contributed by atoms with van der Waals surface area (Å²) in [6.45, 7) is 7.93. The van der Waals surface area contributed by atoms with Crippen LogP contribution in [0, 0.1) is 0 Å². The highest BCUT2D eigenvalue weighted by atomic mass is 35.5. The number of hydrogen-bond donors (Lipinski definition) is 1. The van der Waals surface area contributed by atoms with Crippen LogP contribution in [-0.2, 0) is 0 Å². The number of nitrogens with zero attached hydrogens (tertiary/aromatic N) is 1. The molecular weight excluding hydrogens is 299 g/mol. The number of halogens is 2. The molecule has 0 amide bonds. The van der Waals surface area contributed by atoms with Gasteiger partial charge >= 0.3 is 0 Å². The average molecular weight is 321 g/mol. The Morgan fingerprint density at radius 2 is 1.70 bits per heavy atom. The van der Waals surface area contributed by atoms with Crippen LogP contribution in [0.1, 0.15) is 18.5 Å².